The summed E-state index contributed by atoms with van der Waals surface area (Å²) in [6.45, 7) is 9.39. The normalized spacial score (nSPS) is 11.7. The summed E-state index contributed by atoms with van der Waals surface area (Å²) in [7, 11) is -2.07. The zero-order valence-corrected chi connectivity index (χ0v) is 17.7. The molecule has 0 spiro atoms. The Hall–Kier alpha value is -2.18. The SMILES string of the molecule is CCN(CC(=O)N(C)c1ccc(C)c(C)c1)S(=O)(=O)c1cc(C)ccc1C. The second-order valence-electron chi connectivity index (χ2n) is 6.92. The van der Waals surface area contributed by atoms with Crippen molar-refractivity contribution in [3.8, 4) is 0 Å². The highest BCUT2D eigenvalue weighted by Crippen LogP contribution is 2.22. The van der Waals surface area contributed by atoms with Crippen molar-refractivity contribution < 1.29 is 13.2 Å². The minimum absolute atomic E-state index is 0.199. The average molecular weight is 389 g/mol. The van der Waals surface area contributed by atoms with E-state index in [1.807, 2.05) is 45.0 Å². The Balaban J connectivity index is 2.28. The summed E-state index contributed by atoms with van der Waals surface area (Å²) in [5.74, 6) is -0.269. The first-order valence-corrected chi connectivity index (χ1v) is 10.4. The molecule has 1 amide bonds. The van der Waals surface area contributed by atoms with Crippen LogP contribution in [0.25, 0.3) is 0 Å². The molecule has 2 rings (SSSR count). The maximum atomic E-state index is 13.1. The zero-order chi connectivity index (χ0) is 20.4. The third-order valence-electron chi connectivity index (χ3n) is 4.88. The lowest BCUT2D eigenvalue weighted by Gasteiger charge is -2.25. The van der Waals surface area contributed by atoms with Crippen LogP contribution in [-0.4, -0.2) is 38.8 Å². The van der Waals surface area contributed by atoms with E-state index in [1.165, 1.54) is 9.21 Å². The molecule has 0 unspecified atom stereocenters. The van der Waals surface area contributed by atoms with Gasteiger partial charge in [0, 0.05) is 19.3 Å². The first-order valence-electron chi connectivity index (χ1n) is 8.99. The van der Waals surface area contributed by atoms with E-state index in [1.54, 1.807) is 33.0 Å². The van der Waals surface area contributed by atoms with Gasteiger partial charge in [-0.3, -0.25) is 4.79 Å². The maximum absolute atomic E-state index is 13.1. The molecule has 0 aliphatic carbocycles. The zero-order valence-electron chi connectivity index (χ0n) is 16.9. The van der Waals surface area contributed by atoms with Crippen molar-refractivity contribution in [3.63, 3.8) is 0 Å². The lowest BCUT2D eigenvalue weighted by Crippen LogP contribution is -2.41. The van der Waals surface area contributed by atoms with Gasteiger partial charge in [0.1, 0.15) is 0 Å². The number of carbonyl (C=O) groups excluding carboxylic acids is 1. The first-order chi connectivity index (χ1) is 12.6. The van der Waals surface area contributed by atoms with E-state index in [-0.39, 0.29) is 23.9 Å². The number of likely N-dealkylation sites (N-methyl/N-ethyl adjacent to an activating group) is 2. The summed E-state index contributed by atoms with van der Waals surface area (Å²) >= 11 is 0. The van der Waals surface area contributed by atoms with Gasteiger partial charge in [-0.25, -0.2) is 8.42 Å². The number of carbonyl (C=O) groups is 1. The van der Waals surface area contributed by atoms with Crippen molar-refractivity contribution >= 4 is 21.6 Å². The van der Waals surface area contributed by atoms with Gasteiger partial charge in [0.2, 0.25) is 15.9 Å². The number of hydrogen-bond donors (Lipinski definition) is 0. The number of rotatable bonds is 6. The average Bonchev–Trinajstić information content (AvgIpc) is 2.62. The molecule has 0 bridgehead atoms. The molecule has 5 nitrogen and oxygen atoms in total. The predicted octanol–water partition coefficient (Wildman–Crippen LogP) is 3.59. The van der Waals surface area contributed by atoms with Crippen molar-refractivity contribution in [2.75, 3.05) is 25.0 Å². The molecule has 0 fully saturated rings. The van der Waals surface area contributed by atoms with Crippen molar-refractivity contribution in [3.05, 3.63) is 58.7 Å². The fourth-order valence-electron chi connectivity index (χ4n) is 2.83. The number of benzene rings is 2. The molecule has 2 aromatic carbocycles. The molecule has 0 aliphatic heterocycles. The third-order valence-corrected chi connectivity index (χ3v) is 6.94. The Morgan fingerprint density at radius 2 is 1.56 bits per heavy atom. The van der Waals surface area contributed by atoms with E-state index in [9.17, 15) is 13.2 Å². The van der Waals surface area contributed by atoms with Gasteiger partial charge in [-0.15, -0.1) is 0 Å². The first kappa shape index (κ1) is 21.1. The summed E-state index contributed by atoms with van der Waals surface area (Å²) in [6, 6.07) is 11.1. The number of nitrogens with zero attached hydrogens (tertiary/aromatic N) is 2. The van der Waals surface area contributed by atoms with E-state index in [0.29, 0.717) is 5.56 Å². The topological polar surface area (TPSA) is 57.7 Å². The van der Waals surface area contributed by atoms with Crippen molar-refractivity contribution in [1.82, 2.24) is 4.31 Å². The molecule has 0 saturated carbocycles. The standard InChI is InChI=1S/C21H28N2O3S/c1-7-23(27(25,26)20-12-15(2)8-9-17(20)4)14-21(24)22(6)19-11-10-16(3)18(5)13-19/h8-13H,7,14H2,1-6H3. The third kappa shape index (κ3) is 4.57. The van der Waals surface area contributed by atoms with Crippen molar-refractivity contribution in [2.24, 2.45) is 0 Å². The highest BCUT2D eigenvalue weighted by atomic mass is 32.2. The van der Waals surface area contributed by atoms with Gasteiger partial charge < -0.3 is 4.90 Å². The summed E-state index contributed by atoms with van der Waals surface area (Å²) in [4.78, 5) is 14.5. The molecule has 0 radical (unpaired) electrons. The minimum Gasteiger partial charge on any atom is -0.314 e. The molecule has 0 saturated heterocycles. The molecular weight excluding hydrogens is 360 g/mol. The molecule has 0 aromatic heterocycles. The van der Waals surface area contributed by atoms with Crippen molar-refractivity contribution in [1.29, 1.82) is 0 Å². The van der Waals surface area contributed by atoms with E-state index < -0.39 is 10.0 Å². The largest absolute Gasteiger partial charge is 0.314 e. The van der Waals surface area contributed by atoms with Gasteiger partial charge in [0.05, 0.1) is 11.4 Å². The quantitative estimate of drug-likeness (QED) is 0.760. The van der Waals surface area contributed by atoms with Gasteiger partial charge in [-0.2, -0.15) is 4.31 Å². The van der Waals surface area contributed by atoms with Gasteiger partial charge in [0.25, 0.3) is 0 Å². The fraction of sp³-hybridized carbons (Fsp3) is 0.381. The Bertz CT molecular complexity index is 952. The van der Waals surface area contributed by atoms with E-state index in [4.69, 9.17) is 0 Å². The smallest absolute Gasteiger partial charge is 0.243 e. The van der Waals surface area contributed by atoms with Crippen LogP contribution in [0.15, 0.2) is 41.3 Å². The Morgan fingerprint density at radius 1 is 0.926 bits per heavy atom. The summed E-state index contributed by atoms with van der Waals surface area (Å²) < 4.78 is 27.4. The Morgan fingerprint density at radius 3 is 2.15 bits per heavy atom. The van der Waals surface area contributed by atoms with Crippen LogP contribution < -0.4 is 4.90 Å². The fourth-order valence-corrected chi connectivity index (χ4v) is 4.53. The number of amides is 1. The highest BCUT2D eigenvalue weighted by molar-refractivity contribution is 7.89. The second kappa shape index (κ2) is 8.23. The predicted molar refractivity (Wildman–Crippen MR) is 110 cm³/mol. The Kier molecular flexibility index (Phi) is 6.44. The number of aryl methyl sites for hydroxylation is 4. The maximum Gasteiger partial charge on any atom is 0.243 e. The molecular formula is C21H28N2O3S. The van der Waals surface area contributed by atoms with Gasteiger partial charge in [-0.1, -0.05) is 25.1 Å². The van der Waals surface area contributed by atoms with Crippen LogP contribution in [0.4, 0.5) is 5.69 Å². The van der Waals surface area contributed by atoms with Crippen LogP contribution in [0.2, 0.25) is 0 Å². The van der Waals surface area contributed by atoms with E-state index in [2.05, 4.69) is 0 Å². The lowest BCUT2D eigenvalue weighted by molar-refractivity contribution is -0.118. The summed E-state index contributed by atoms with van der Waals surface area (Å²) in [5, 5.41) is 0. The number of hydrogen-bond acceptors (Lipinski definition) is 3. The number of sulfonamides is 1. The van der Waals surface area contributed by atoms with Gasteiger partial charge in [0.15, 0.2) is 0 Å². The molecule has 6 heteroatoms. The van der Waals surface area contributed by atoms with Crippen LogP contribution >= 0.6 is 0 Å². The molecule has 146 valence electrons. The molecule has 0 heterocycles. The van der Waals surface area contributed by atoms with Crippen molar-refractivity contribution in [2.45, 2.75) is 39.5 Å². The van der Waals surface area contributed by atoms with E-state index in [0.717, 1.165) is 22.4 Å². The van der Waals surface area contributed by atoms with Gasteiger partial charge >= 0.3 is 0 Å². The second-order valence-corrected chi connectivity index (χ2v) is 8.83. The number of anilines is 1. The molecule has 0 N–H and O–H groups in total. The monoisotopic (exact) mass is 388 g/mol. The molecule has 2 aromatic rings. The minimum atomic E-state index is -3.74. The van der Waals surface area contributed by atoms with E-state index >= 15 is 0 Å². The molecule has 27 heavy (non-hydrogen) atoms. The van der Waals surface area contributed by atoms with Crippen LogP contribution in [0.5, 0.6) is 0 Å². The Labute approximate surface area is 162 Å². The summed E-state index contributed by atoms with van der Waals surface area (Å²) in [6.07, 6.45) is 0. The highest BCUT2D eigenvalue weighted by Gasteiger charge is 2.28. The van der Waals surface area contributed by atoms with Crippen LogP contribution in [-0.2, 0) is 14.8 Å². The van der Waals surface area contributed by atoms with Crippen LogP contribution in [0, 0.1) is 27.7 Å². The lowest BCUT2D eigenvalue weighted by atomic mass is 10.1. The van der Waals surface area contributed by atoms with Crippen LogP contribution in [0.1, 0.15) is 29.2 Å². The van der Waals surface area contributed by atoms with Gasteiger partial charge in [-0.05, 0) is 68.1 Å². The molecule has 0 atom stereocenters. The summed E-state index contributed by atoms with van der Waals surface area (Å²) in [5.41, 5.74) is 4.53. The van der Waals surface area contributed by atoms with Crippen LogP contribution in [0.3, 0.4) is 0 Å². The molecule has 0 aliphatic rings.